The van der Waals surface area contributed by atoms with Crippen molar-refractivity contribution in [1.29, 1.82) is 0 Å². The Morgan fingerprint density at radius 1 is 1.11 bits per heavy atom. The first-order chi connectivity index (χ1) is 13.2. The van der Waals surface area contributed by atoms with E-state index in [-0.39, 0.29) is 5.91 Å². The molecule has 3 aromatic rings. The maximum atomic E-state index is 13.0. The summed E-state index contributed by atoms with van der Waals surface area (Å²) in [5.41, 5.74) is 3.60. The monoisotopic (exact) mass is 365 g/mol. The molecule has 0 unspecified atom stereocenters. The zero-order valence-corrected chi connectivity index (χ0v) is 15.1. The fourth-order valence-electron chi connectivity index (χ4n) is 3.31. The van der Waals surface area contributed by atoms with Gasteiger partial charge in [-0.05, 0) is 47.0 Å². The molecule has 0 bridgehead atoms. The van der Waals surface area contributed by atoms with Crippen molar-refractivity contribution < 1.29 is 14.3 Å². The van der Waals surface area contributed by atoms with Crippen LogP contribution in [-0.4, -0.2) is 52.2 Å². The molecule has 1 amide bonds. The molecular weight excluding hydrogens is 346 g/mol. The fraction of sp³-hybridized carbons (Fsp3) is 0.263. The number of amides is 1. The van der Waals surface area contributed by atoms with E-state index in [1.165, 1.54) is 5.56 Å². The zero-order chi connectivity index (χ0) is 18.8. The van der Waals surface area contributed by atoms with Crippen molar-refractivity contribution >= 4 is 5.91 Å². The van der Waals surface area contributed by atoms with Gasteiger partial charge in [-0.25, -0.2) is 0 Å². The molecule has 1 aliphatic rings. The van der Waals surface area contributed by atoms with E-state index in [0.29, 0.717) is 36.0 Å². The minimum Gasteiger partial charge on any atom is -0.493 e. The van der Waals surface area contributed by atoms with Crippen molar-refractivity contribution in [2.24, 2.45) is 0 Å². The van der Waals surface area contributed by atoms with Crippen molar-refractivity contribution in [2.75, 3.05) is 20.8 Å². The lowest BCUT2D eigenvalue weighted by molar-refractivity contribution is 0.0734. The van der Waals surface area contributed by atoms with E-state index in [9.17, 15) is 4.79 Å². The lowest BCUT2D eigenvalue weighted by Gasteiger charge is -2.29. The number of aromatic amines is 1. The van der Waals surface area contributed by atoms with Gasteiger partial charge >= 0.3 is 0 Å². The Balaban J connectivity index is 1.59. The molecule has 4 rings (SSSR count). The summed E-state index contributed by atoms with van der Waals surface area (Å²) in [7, 11) is 3.24. The predicted molar refractivity (Wildman–Crippen MR) is 97.6 cm³/mol. The van der Waals surface area contributed by atoms with Crippen molar-refractivity contribution in [2.45, 2.75) is 13.0 Å². The summed E-state index contributed by atoms with van der Waals surface area (Å²) < 4.78 is 10.8. The zero-order valence-electron chi connectivity index (χ0n) is 15.1. The molecule has 2 aromatic carbocycles. The highest BCUT2D eigenvalue weighted by atomic mass is 16.5. The number of nitrogens with zero attached hydrogens (tertiary/aromatic N) is 4. The molecule has 8 heteroatoms. The highest BCUT2D eigenvalue weighted by molar-refractivity contribution is 5.95. The van der Waals surface area contributed by atoms with Crippen LogP contribution in [0.3, 0.4) is 0 Å². The van der Waals surface area contributed by atoms with Gasteiger partial charge in [-0.15, -0.1) is 10.2 Å². The minimum absolute atomic E-state index is 0.0271. The summed E-state index contributed by atoms with van der Waals surface area (Å²) in [6.07, 6.45) is 0.770. The number of hydrogen-bond acceptors (Lipinski definition) is 6. The van der Waals surface area contributed by atoms with Gasteiger partial charge in [0.25, 0.3) is 5.91 Å². The molecule has 138 valence electrons. The fourth-order valence-corrected chi connectivity index (χ4v) is 3.31. The van der Waals surface area contributed by atoms with Crippen molar-refractivity contribution in [3.63, 3.8) is 0 Å². The summed E-state index contributed by atoms with van der Waals surface area (Å²) in [4.78, 5) is 14.9. The number of H-pyrrole nitrogens is 1. The van der Waals surface area contributed by atoms with Gasteiger partial charge in [0, 0.05) is 24.2 Å². The average molecular weight is 365 g/mol. The standard InChI is InChI=1S/C19H19N5O3/c1-26-16-9-12-6-7-24(11-15(12)10-17(16)27-2)19(25)14-5-3-4-13(8-14)18-20-22-23-21-18/h3-5,8-10H,6-7,11H2,1-2H3,(H,20,21,22,23). The SMILES string of the molecule is COc1cc2c(cc1OC)CN(C(=O)c1cccc(-c3nn[nH]n3)c1)CC2. The molecule has 0 saturated heterocycles. The quantitative estimate of drug-likeness (QED) is 0.761. The lowest BCUT2D eigenvalue weighted by Crippen LogP contribution is -2.36. The van der Waals surface area contributed by atoms with Gasteiger partial charge in [0.1, 0.15) is 0 Å². The number of carbonyl (C=O) groups excluding carboxylic acids is 1. The van der Waals surface area contributed by atoms with Crippen LogP contribution in [0.1, 0.15) is 21.5 Å². The molecule has 27 heavy (non-hydrogen) atoms. The third-order valence-corrected chi connectivity index (χ3v) is 4.72. The first-order valence-corrected chi connectivity index (χ1v) is 8.56. The maximum absolute atomic E-state index is 13.0. The molecular formula is C19H19N5O3. The molecule has 2 heterocycles. The second kappa shape index (κ2) is 7.06. The maximum Gasteiger partial charge on any atom is 0.254 e. The Morgan fingerprint density at radius 3 is 2.59 bits per heavy atom. The summed E-state index contributed by atoms with van der Waals surface area (Å²) in [6.45, 7) is 1.18. The van der Waals surface area contributed by atoms with Gasteiger partial charge in [0.15, 0.2) is 11.5 Å². The average Bonchev–Trinajstić information content (AvgIpc) is 3.26. The van der Waals surface area contributed by atoms with Crippen LogP contribution >= 0.6 is 0 Å². The normalized spacial score (nSPS) is 13.2. The number of ether oxygens (including phenoxy) is 2. The van der Waals surface area contributed by atoms with Crippen LogP contribution in [0.15, 0.2) is 36.4 Å². The second-order valence-corrected chi connectivity index (χ2v) is 6.27. The Morgan fingerprint density at radius 2 is 1.89 bits per heavy atom. The summed E-state index contributed by atoms with van der Waals surface area (Å²) in [5, 5.41) is 13.9. The van der Waals surface area contributed by atoms with E-state index in [4.69, 9.17) is 9.47 Å². The van der Waals surface area contributed by atoms with Crippen LogP contribution in [0.25, 0.3) is 11.4 Å². The van der Waals surface area contributed by atoms with Crippen LogP contribution in [-0.2, 0) is 13.0 Å². The number of tetrazole rings is 1. The van der Waals surface area contributed by atoms with E-state index >= 15 is 0 Å². The molecule has 0 saturated carbocycles. The number of hydrogen-bond donors (Lipinski definition) is 1. The molecule has 0 atom stereocenters. The number of fused-ring (bicyclic) bond motifs is 1. The first-order valence-electron chi connectivity index (χ1n) is 8.56. The number of carbonyl (C=O) groups is 1. The smallest absolute Gasteiger partial charge is 0.254 e. The Kier molecular flexibility index (Phi) is 4.45. The number of methoxy groups -OCH3 is 2. The number of aromatic nitrogens is 4. The van der Waals surface area contributed by atoms with E-state index in [1.807, 2.05) is 29.2 Å². The topological polar surface area (TPSA) is 93.2 Å². The second-order valence-electron chi connectivity index (χ2n) is 6.27. The van der Waals surface area contributed by atoms with E-state index < -0.39 is 0 Å². The highest BCUT2D eigenvalue weighted by Crippen LogP contribution is 2.33. The molecule has 0 aliphatic carbocycles. The molecule has 0 fully saturated rings. The number of nitrogens with one attached hydrogen (secondary N) is 1. The predicted octanol–water partition coefficient (Wildman–Crippen LogP) is 2.08. The Bertz CT molecular complexity index is 971. The van der Waals surface area contributed by atoms with Crippen LogP contribution in [0.5, 0.6) is 11.5 Å². The first kappa shape index (κ1) is 17.0. The van der Waals surface area contributed by atoms with Crippen LogP contribution < -0.4 is 9.47 Å². The van der Waals surface area contributed by atoms with Crippen molar-refractivity contribution in [3.8, 4) is 22.9 Å². The van der Waals surface area contributed by atoms with Crippen molar-refractivity contribution in [3.05, 3.63) is 53.1 Å². The summed E-state index contributed by atoms with van der Waals surface area (Å²) in [6, 6.07) is 11.2. The molecule has 1 aliphatic heterocycles. The molecule has 0 spiro atoms. The molecule has 8 nitrogen and oxygen atoms in total. The van der Waals surface area contributed by atoms with Gasteiger partial charge in [0.05, 0.1) is 14.2 Å². The summed E-state index contributed by atoms with van der Waals surface area (Å²) in [5.74, 6) is 1.82. The van der Waals surface area contributed by atoms with Crippen molar-refractivity contribution in [1.82, 2.24) is 25.5 Å². The van der Waals surface area contributed by atoms with E-state index in [0.717, 1.165) is 17.5 Å². The Labute approximate surface area is 156 Å². The third kappa shape index (κ3) is 3.21. The molecule has 1 N–H and O–H groups in total. The largest absolute Gasteiger partial charge is 0.493 e. The van der Waals surface area contributed by atoms with Crippen LogP contribution in [0.4, 0.5) is 0 Å². The number of benzene rings is 2. The highest BCUT2D eigenvalue weighted by Gasteiger charge is 2.24. The summed E-state index contributed by atoms with van der Waals surface area (Å²) >= 11 is 0. The van der Waals surface area contributed by atoms with E-state index in [1.54, 1.807) is 26.4 Å². The third-order valence-electron chi connectivity index (χ3n) is 4.72. The van der Waals surface area contributed by atoms with Crippen LogP contribution in [0, 0.1) is 0 Å². The van der Waals surface area contributed by atoms with Gasteiger partial charge < -0.3 is 14.4 Å². The van der Waals surface area contributed by atoms with E-state index in [2.05, 4.69) is 20.6 Å². The van der Waals surface area contributed by atoms with Gasteiger partial charge in [-0.1, -0.05) is 12.1 Å². The minimum atomic E-state index is -0.0271. The van der Waals surface area contributed by atoms with Crippen LogP contribution in [0.2, 0.25) is 0 Å². The Hall–Kier alpha value is -3.42. The van der Waals surface area contributed by atoms with Gasteiger partial charge in [-0.2, -0.15) is 5.21 Å². The lowest BCUT2D eigenvalue weighted by atomic mass is 9.98. The molecule has 1 aromatic heterocycles. The van der Waals surface area contributed by atoms with Gasteiger partial charge in [0.2, 0.25) is 5.82 Å². The van der Waals surface area contributed by atoms with Gasteiger partial charge in [-0.3, -0.25) is 4.79 Å². The number of rotatable bonds is 4. The molecule has 0 radical (unpaired) electrons.